The number of benzene rings is 2. The lowest BCUT2D eigenvalue weighted by atomic mass is 10.1. The van der Waals surface area contributed by atoms with Crippen LogP contribution in [0.15, 0.2) is 54.7 Å². The molecule has 2 aromatic carbocycles. The monoisotopic (exact) mass is 327 g/mol. The Balaban J connectivity index is 2.22. The fourth-order valence-corrected chi connectivity index (χ4v) is 2.53. The van der Waals surface area contributed by atoms with Crippen LogP contribution in [-0.4, -0.2) is 16.3 Å². The van der Waals surface area contributed by atoms with Gasteiger partial charge in [-0.15, -0.1) is 0 Å². The average Bonchev–Trinajstić information content (AvgIpc) is 2.57. The summed E-state index contributed by atoms with van der Waals surface area (Å²) in [5.74, 6) is 0. The maximum atomic E-state index is 11.7. The number of carbonyl (C=O) groups is 1. The van der Waals surface area contributed by atoms with E-state index in [0.29, 0.717) is 17.6 Å². The summed E-state index contributed by atoms with van der Waals surface area (Å²) in [5.41, 5.74) is 1.18. The first-order valence-corrected chi connectivity index (χ1v) is 7.02. The molecule has 7 heteroatoms. The van der Waals surface area contributed by atoms with Crippen molar-refractivity contribution in [3.05, 3.63) is 69.9 Å². The van der Waals surface area contributed by atoms with Crippen LogP contribution in [0.5, 0.6) is 0 Å². The largest absolute Gasteiger partial charge is 0.280 e. The normalized spacial score (nSPS) is 10.5. The van der Waals surface area contributed by atoms with Gasteiger partial charge in [-0.05, 0) is 18.2 Å². The van der Waals surface area contributed by atoms with E-state index in [-0.39, 0.29) is 16.4 Å². The first-order chi connectivity index (χ1) is 11.1. The van der Waals surface area contributed by atoms with Crippen molar-refractivity contribution in [2.75, 3.05) is 4.90 Å². The third kappa shape index (κ3) is 2.72. The third-order valence-corrected chi connectivity index (χ3v) is 3.70. The van der Waals surface area contributed by atoms with Crippen LogP contribution < -0.4 is 4.90 Å². The summed E-state index contributed by atoms with van der Waals surface area (Å²) in [5, 5.41) is 12.0. The smallest absolute Gasteiger partial charge is 0.271 e. The van der Waals surface area contributed by atoms with Crippen molar-refractivity contribution >= 4 is 46.0 Å². The van der Waals surface area contributed by atoms with Gasteiger partial charge < -0.3 is 0 Å². The van der Waals surface area contributed by atoms with Gasteiger partial charge in [-0.25, -0.2) is 0 Å². The van der Waals surface area contributed by atoms with Crippen LogP contribution in [0.3, 0.4) is 0 Å². The van der Waals surface area contributed by atoms with Crippen LogP contribution in [0.2, 0.25) is 5.02 Å². The molecule has 114 valence electrons. The molecule has 1 aromatic heterocycles. The van der Waals surface area contributed by atoms with Gasteiger partial charge in [0.15, 0.2) is 0 Å². The number of para-hydroxylation sites is 1. The van der Waals surface area contributed by atoms with E-state index in [0.717, 1.165) is 5.39 Å². The molecule has 23 heavy (non-hydrogen) atoms. The zero-order valence-corrected chi connectivity index (χ0v) is 12.5. The molecule has 3 rings (SSSR count). The summed E-state index contributed by atoms with van der Waals surface area (Å²) in [6, 6.07) is 12.9. The Kier molecular flexibility index (Phi) is 3.91. The molecule has 6 nitrogen and oxygen atoms in total. The first-order valence-electron chi connectivity index (χ1n) is 6.64. The number of hydrogen-bond donors (Lipinski definition) is 0. The number of nitro groups is 1. The fourth-order valence-electron chi connectivity index (χ4n) is 2.33. The molecular weight excluding hydrogens is 318 g/mol. The van der Waals surface area contributed by atoms with Crippen LogP contribution in [-0.2, 0) is 4.79 Å². The van der Waals surface area contributed by atoms with Gasteiger partial charge in [-0.3, -0.25) is 24.8 Å². The molecule has 0 bridgehead atoms. The number of anilines is 2. The Hall–Kier alpha value is -2.99. The van der Waals surface area contributed by atoms with Crippen molar-refractivity contribution in [1.29, 1.82) is 0 Å². The topological polar surface area (TPSA) is 76.3 Å². The second-order valence-electron chi connectivity index (χ2n) is 4.72. The van der Waals surface area contributed by atoms with E-state index in [1.165, 1.54) is 23.1 Å². The maximum absolute atomic E-state index is 11.7. The second kappa shape index (κ2) is 6.02. The third-order valence-electron chi connectivity index (χ3n) is 3.38. The Morgan fingerprint density at radius 3 is 2.65 bits per heavy atom. The minimum absolute atomic E-state index is 0.149. The van der Waals surface area contributed by atoms with Crippen LogP contribution in [0.1, 0.15) is 0 Å². The summed E-state index contributed by atoms with van der Waals surface area (Å²) in [6.45, 7) is 0. The van der Waals surface area contributed by atoms with Crippen LogP contribution in [0.25, 0.3) is 10.9 Å². The fraction of sp³-hybridized carbons (Fsp3) is 0. The zero-order valence-electron chi connectivity index (χ0n) is 11.7. The van der Waals surface area contributed by atoms with Gasteiger partial charge in [0.25, 0.3) is 5.69 Å². The molecule has 0 aliphatic rings. The lowest BCUT2D eigenvalue weighted by molar-refractivity contribution is -0.384. The summed E-state index contributed by atoms with van der Waals surface area (Å²) in [7, 11) is 0. The molecule has 0 N–H and O–H groups in total. The quantitative estimate of drug-likeness (QED) is 0.411. The van der Waals surface area contributed by atoms with Crippen molar-refractivity contribution in [3.8, 4) is 0 Å². The van der Waals surface area contributed by atoms with Gasteiger partial charge in [-0.1, -0.05) is 29.8 Å². The molecule has 0 saturated heterocycles. The van der Waals surface area contributed by atoms with Gasteiger partial charge in [0, 0.05) is 23.7 Å². The van der Waals surface area contributed by atoms with Crippen molar-refractivity contribution in [2.45, 2.75) is 0 Å². The minimum Gasteiger partial charge on any atom is -0.280 e. The first kappa shape index (κ1) is 14.9. The summed E-state index contributed by atoms with van der Waals surface area (Å²) >= 11 is 6.13. The number of non-ortho nitro benzene ring substituents is 1. The number of nitro benzene ring substituents is 1. The van der Waals surface area contributed by atoms with Gasteiger partial charge in [0.2, 0.25) is 6.41 Å². The SMILES string of the molecule is O=CN(c1cc([N+](=O)[O-])ccc1Cl)c1cccc2cccnc12. The van der Waals surface area contributed by atoms with Gasteiger partial charge in [0.05, 0.1) is 26.8 Å². The highest BCUT2D eigenvalue weighted by molar-refractivity contribution is 6.34. The predicted octanol–water partition coefficient (Wildman–Crippen LogP) is 4.09. The molecule has 1 heterocycles. The van der Waals surface area contributed by atoms with E-state index in [9.17, 15) is 14.9 Å². The molecule has 0 fully saturated rings. The molecule has 3 aromatic rings. The highest BCUT2D eigenvalue weighted by atomic mass is 35.5. The maximum Gasteiger partial charge on any atom is 0.271 e. The highest BCUT2D eigenvalue weighted by Crippen LogP contribution is 2.36. The van der Waals surface area contributed by atoms with Gasteiger partial charge in [0.1, 0.15) is 0 Å². The van der Waals surface area contributed by atoms with Crippen molar-refractivity contribution < 1.29 is 9.72 Å². The summed E-state index contributed by atoms with van der Waals surface area (Å²) in [6.07, 6.45) is 2.18. The molecule has 0 spiro atoms. The molecular formula is C16H10ClN3O3. The second-order valence-corrected chi connectivity index (χ2v) is 5.13. The van der Waals surface area contributed by atoms with Gasteiger partial charge in [-0.2, -0.15) is 0 Å². The summed E-state index contributed by atoms with van der Waals surface area (Å²) in [4.78, 5) is 27.6. The van der Waals surface area contributed by atoms with E-state index in [1.807, 2.05) is 12.1 Å². The van der Waals surface area contributed by atoms with E-state index in [2.05, 4.69) is 4.98 Å². The van der Waals surface area contributed by atoms with Crippen LogP contribution in [0, 0.1) is 10.1 Å². The number of carbonyl (C=O) groups excluding carboxylic acids is 1. The Labute approximate surface area is 136 Å². The van der Waals surface area contributed by atoms with Crippen LogP contribution >= 0.6 is 11.6 Å². The standard InChI is InChI=1S/C16H10ClN3O3/c17-13-7-6-12(20(22)23)9-15(13)19(10-21)14-5-1-3-11-4-2-8-18-16(11)14/h1-10H. The number of fused-ring (bicyclic) bond motifs is 1. The lowest BCUT2D eigenvalue weighted by Crippen LogP contribution is -2.15. The highest BCUT2D eigenvalue weighted by Gasteiger charge is 2.18. The van der Waals surface area contributed by atoms with Crippen molar-refractivity contribution in [3.63, 3.8) is 0 Å². The van der Waals surface area contributed by atoms with Crippen molar-refractivity contribution in [2.24, 2.45) is 0 Å². The van der Waals surface area contributed by atoms with Crippen molar-refractivity contribution in [1.82, 2.24) is 4.98 Å². The number of aromatic nitrogens is 1. The number of rotatable bonds is 4. The van der Waals surface area contributed by atoms with Gasteiger partial charge >= 0.3 is 0 Å². The lowest BCUT2D eigenvalue weighted by Gasteiger charge is -2.20. The number of halogens is 1. The Bertz CT molecular complexity index is 909. The summed E-state index contributed by atoms with van der Waals surface area (Å²) < 4.78 is 0. The predicted molar refractivity (Wildman–Crippen MR) is 88.1 cm³/mol. The molecule has 0 aliphatic carbocycles. The van der Waals surface area contributed by atoms with E-state index in [1.54, 1.807) is 24.4 Å². The minimum atomic E-state index is -0.538. The average molecular weight is 328 g/mol. The number of nitrogens with zero attached hydrogens (tertiary/aromatic N) is 3. The molecule has 1 amide bonds. The van der Waals surface area contributed by atoms with E-state index < -0.39 is 4.92 Å². The number of hydrogen-bond acceptors (Lipinski definition) is 4. The molecule has 0 aliphatic heterocycles. The molecule has 0 unspecified atom stereocenters. The van der Waals surface area contributed by atoms with Crippen LogP contribution in [0.4, 0.5) is 17.1 Å². The molecule has 0 atom stereocenters. The number of pyridine rings is 1. The number of amides is 1. The zero-order chi connectivity index (χ0) is 16.4. The Morgan fingerprint density at radius 2 is 1.91 bits per heavy atom. The Morgan fingerprint density at radius 1 is 1.13 bits per heavy atom. The van der Waals surface area contributed by atoms with E-state index >= 15 is 0 Å². The molecule has 0 saturated carbocycles. The van der Waals surface area contributed by atoms with E-state index in [4.69, 9.17) is 11.6 Å². The molecule has 0 radical (unpaired) electrons.